The van der Waals surface area contributed by atoms with E-state index in [0.29, 0.717) is 0 Å². The number of nitrogens with one attached hydrogen (secondary N) is 1. The summed E-state index contributed by atoms with van der Waals surface area (Å²) in [5.41, 5.74) is 0. The van der Waals surface area contributed by atoms with E-state index < -0.39 is 24.0 Å². The molecule has 1 heterocycles. The first-order valence-electron chi connectivity index (χ1n) is 3.89. The van der Waals surface area contributed by atoms with Gasteiger partial charge in [-0.1, -0.05) is 11.6 Å². The quantitative estimate of drug-likeness (QED) is 0.665. The van der Waals surface area contributed by atoms with Crippen LogP contribution in [0.1, 0.15) is 0 Å². The Balaban J connectivity index is 2.87. The lowest BCUT2D eigenvalue weighted by Gasteiger charge is -2.17. The molecular weight excluding hydrogens is 273 g/mol. The molecule has 1 aromatic rings. The van der Waals surface area contributed by atoms with Crippen molar-refractivity contribution in [2.45, 2.75) is 12.1 Å². The monoisotopic (exact) mass is 275 g/mol. The number of carbonyl (C=O) groups excluding carboxylic acids is 1. The zero-order chi connectivity index (χ0) is 13.3. The summed E-state index contributed by atoms with van der Waals surface area (Å²) in [5, 5.41) is 0.997. The van der Waals surface area contributed by atoms with Crippen LogP contribution >= 0.6 is 11.6 Å². The third-order valence-corrected chi connectivity index (χ3v) is 1.70. The Morgan fingerprint density at radius 1 is 1.29 bits per heavy atom. The van der Waals surface area contributed by atoms with Crippen molar-refractivity contribution in [3.8, 4) is 0 Å². The third-order valence-electron chi connectivity index (χ3n) is 1.49. The molecule has 0 aliphatic rings. The number of halogens is 6. The first-order chi connectivity index (χ1) is 7.64. The van der Waals surface area contributed by atoms with E-state index in [4.69, 9.17) is 11.6 Å². The Morgan fingerprint density at radius 3 is 2.35 bits per heavy atom. The zero-order valence-corrected chi connectivity index (χ0v) is 8.48. The molecule has 0 aliphatic carbocycles. The van der Waals surface area contributed by atoms with Gasteiger partial charge in [-0.25, -0.2) is 9.97 Å². The van der Waals surface area contributed by atoms with E-state index in [1.807, 2.05) is 0 Å². The Kier molecular flexibility index (Phi) is 3.51. The van der Waals surface area contributed by atoms with Crippen LogP contribution in [-0.4, -0.2) is 28.0 Å². The predicted molar refractivity (Wildman–Crippen MR) is 46.7 cm³/mol. The molecule has 0 saturated heterocycles. The number of anilines is 1. The lowest BCUT2D eigenvalue weighted by atomic mass is 10.3. The van der Waals surface area contributed by atoms with Gasteiger partial charge in [0.25, 0.3) is 0 Å². The van der Waals surface area contributed by atoms with Gasteiger partial charge in [0, 0.05) is 6.20 Å². The van der Waals surface area contributed by atoms with Gasteiger partial charge in [-0.3, -0.25) is 10.1 Å². The van der Waals surface area contributed by atoms with Gasteiger partial charge in [-0.15, -0.1) is 0 Å². The van der Waals surface area contributed by atoms with Gasteiger partial charge in [-0.05, 0) is 6.07 Å². The number of hydrogen-bond donors (Lipinski definition) is 1. The number of carbonyl (C=O) groups is 1. The largest absolute Gasteiger partial charge is 0.463 e. The summed E-state index contributed by atoms with van der Waals surface area (Å²) >= 11 is 5.32. The van der Waals surface area contributed by atoms with Crippen LogP contribution in [-0.2, 0) is 4.79 Å². The summed E-state index contributed by atoms with van der Waals surface area (Å²) < 4.78 is 60.3. The molecule has 0 aliphatic heterocycles. The highest BCUT2D eigenvalue weighted by Crippen LogP contribution is 2.36. The maximum atomic E-state index is 12.5. The van der Waals surface area contributed by atoms with Crippen molar-refractivity contribution < 1.29 is 26.7 Å². The number of alkyl halides is 5. The number of amides is 1. The van der Waals surface area contributed by atoms with Crippen LogP contribution in [0.4, 0.5) is 27.9 Å². The van der Waals surface area contributed by atoms with E-state index in [-0.39, 0.29) is 5.15 Å². The highest BCUT2D eigenvalue weighted by Gasteiger charge is 2.63. The van der Waals surface area contributed by atoms with E-state index in [1.54, 1.807) is 0 Å². The average molecular weight is 276 g/mol. The lowest BCUT2D eigenvalue weighted by Crippen LogP contribution is -2.47. The van der Waals surface area contributed by atoms with Gasteiger partial charge in [0.2, 0.25) is 5.95 Å². The van der Waals surface area contributed by atoms with E-state index in [2.05, 4.69) is 9.97 Å². The molecule has 0 atom stereocenters. The van der Waals surface area contributed by atoms with E-state index in [0.717, 1.165) is 12.3 Å². The molecule has 0 radical (unpaired) electrons. The fraction of sp³-hybridized carbons (Fsp3) is 0.286. The average Bonchev–Trinajstić information content (AvgIpc) is 2.15. The molecule has 4 nitrogen and oxygen atoms in total. The van der Waals surface area contributed by atoms with Crippen LogP contribution in [0, 0.1) is 0 Å². The smallest absolute Gasteiger partial charge is 0.289 e. The first-order valence-corrected chi connectivity index (χ1v) is 4.27. The van der Waals surface area contributed by atoms with Crippen LogP contribution in [0.2, 0.25) is 5.15 Å². The van der Waals surface area contributed by atoms with Crippen LogP contribution < -0.4 is 5.32 Å². The summed E-state index contributed by atoms with van der Waals surface area (Å²) in [6.45, 7) is 0. The van der Waals surface area contributed by atoms with Crippen LogP contribution in [0.5, 0.6) is 0 Å². The molecule has 0 aromatic carbocycles. The maximum Gasteiger partial charge on any atom is 0.463 e. The molecule has 0 saturated carbocycles. The van der Waals surface area contributed by atoms with E-state index in [9.17, 15) is 26.7 Å². The molecule has 0 bridgehead atoms. The first kappa shape index (κ1) is 13.6. The van der Waals surface area contributed by atoms with Gasteiger partial charge in [0.15, 0.2) is 0 Å². The minimum atomic E-state index is -5.99. The normalized spacial score (nSPS) is 12.4. The van der Waals surface area contributed by atoms with Crippen molar-refractivity contribution in [1.82, 2.24) is 9.97 Å². The third kappa shape index (κ3) is 2.99. The van der Waals surface area contributed by atoms with Crippen LogP contribution in [0.25, 0.3) is 0 Å². The van der Waals surface area contributed by atoms with Gasteiger partial charge in [0.05, 0.1) is 0 Å². The van der Waals surface area contributed by atoms with Crippen molar-refractivity contribution in [1.29, 1.82) is 0 Å². The second kappa shape index (κ2) is 4.40. The second-order valence-corrected chi connectivity index (χ2v) is 3.12. The molecule has 1 N–H and O–H groups in total. The topological polar surface area (TPSA) is 54.9 Å². The molecular formula is C7H3ClF5N3O. The summed E-state index contributed by atoms with van der Waals surface area (Å²) in [6, 6.07) is 1.15. The van der Waals surface area contributed by atoms with Crippen molar-refractivity contribution >= 4 is 23.5 Å². The Morgan fingerprint density at radius 2 is 1.88 bits per heavy atom. The minimum absolute atomic E-state index is 0.217. The standard InChI is InChI=1S/C7H3ClF5N3O/c8-3-1-2-14-5(15-3)16-4(17)6(9,10)7(11,12)13/h1-2H,(H,14,15,16,17). The van der Waals surface area contributed by atoms with Gasteiger partial charge < -0.3 is 0 Å². The molecule has 0 unspecified atom stereocenters. The molecule has 1 rings (SSSR count). The van der Waals surface area contributed by atoms with Gasteiger partial charge in [-0.2, -0.15) is 22.0 Å². The van der Waals surface area contributed by atoms with Gasteiger partial charge >= 0.3 is 18.0 Å². The highest BCUT2D eigenvalue weighted by molar-refractivity contribution is 6.29. The highest BCUT2D eigenvalue weighted by atomic mass is 35.5. The number of hydrogen-bond acceptors (Lipinski definition) is 3. The number of rotatable bonds is 2. The Labute approximate surface area is 95.8 Å². The predicted octanol–water partition coefficient (Wildman–Crippen LogP) is 2.27. The van der Waals surface area contributed by atoms with Crippen molar-refractivity contribution in [2.24, 2.45) is 0 Å². The molecule has 0 fully saturated rings. The molecule has 10 heteroatoms. The fourth-order valence-electron chi connectivity index (χ4n) is 0.706. The summed E-state index contributed by atoms with van der Waals surface area (Å²) in [5.74, 6) is -8.85. The second-order valence-electron chi connectivity index (χ2n) is 2.73. The number of aromatic nitrogens is 2. The van der Waals surface area contributed by atoms with Crippen molar-refractivity contribution in [3.05, 3.63) is 17.4 Å². The van der Waals surface area contributed by atoms with Crippen LogP contribution in [0.3, 0.4) is 0 Å². The molecule has 1 aromatic heterocycles. The molecule has 1 amide bonds. The lowest BCUT2D eigenvalue weighted by molar-refractivity contribution is -0.267. The maximum absolute atomic E-state index is 12.5. The molecule has 17 heavy (non-hydrogen) atoms. The summed E-state index contributed by atoms with van der Waals surface area (Å²) in [7, 11) is 0. The van der Waals surface area contributed by atoms with Gasteiger partial charge in [0.1, 0.15) is 5.15 Å². The zero-order valence-electron chi connectivity index (χ0n) is 7.73. The summed E-state index contributed by atoms with van der Waals surface area (Å²) in [6.07, 6.45) is -5.01. The number of nitrogens with zero attached hydrogens (tertiary/aromatic N) is 2. The van der Waals surface area contributed by atoms with Crippen molar-refractivity contribution in [2.75, 3.05) is 5.32 Å². The SMILES string of the molecule is O=C(Nc1nccc(Cl)n1)C(F)(F)C(F)(F)F. The Bertz CT molecular complexity index is 436. The fourth-order valence-corrected chi connectivity index (χ4v) is 0.842. The summed E-state index contributed by atoms with van der Waals surface area (Å²) in [4.78, 5) is 17.2. The molecule has 0 spiro atoms. The van der Waals surface area contributed by atoms with E-state index >= 15 is 0 Å². The molecule has 94 valence electrons. The minimum Gasteiger partial charge on any atom is -0.289 e. The van der Waals surface area contributed by atoms with Crippen molar-refractivity contribution in [3.63, 3.8) is 0 Å². The Hall–Kier alpha value is -1.51. The van der Waals surface area contributed by atoms with Crippen LogP contribution in [0.15, 0.2) is 12.3 Å². The van der Waals surface area contributed by atoms with E-state index in [1.165, 1.54) is 5.32 Å².